The van der Waals surface area contributed by atoms with E-state index in [9.17, 15) is 41.6 Å². The highest BCUT2D eigenvalue weighted by atomic mass is 32.2. The van der Waals surface area contributed by atoms with Gasteiger partial charge in [0, 0.05) is 18.2 Å². The standard InChI is InChI=1S/C20H17F3N2O7S/c1-19(2)17(26)16(24-9-10-4-3-5-13(25(28)29)15(10)18(24)27)12-8-11(6-7-14(12)32-19)33(30,31)20(21,22)23/h3-8,16-17,26H,9H2,1-2H3/t16-,17+/m1/s1. The first-order chi connectivity index (χ1) is 15.2. The highest BCUT2D eigenvalue weighted by Crippen LogP contribution is 2.47. The zero-order valence-corrected chi connectivity index (χ0v) is 18.0. The summed E-state index contributed by atoms with van der Waals surface area (Å²) in [5.41, 5.74) is -7.38. The number of aliphatic hydroxyl groups excluding tert-OH is 1. The molecule has 0 spiro atoms. The zero-order valence-electron chi connectivity index (χ0n) is 17.2. The Bertz CT molecular complexity index is 1290. The Kier molecular flexibility index (Phi) is 4.98. The molecule has 1 N–H and O–H groups in total. The van der Waals surface area contributed by atoms with Gasteiger partial charge in [0.1, 0.15) is 23.0 Å². The van der Waals surface area contributed by atoms with Gasteiger partial charge in [-0.3, -0.25) is 14.9 Å². The third kappa shape index (κ3) is 3.42. The van der Waals surface area contributed by atoms with Gasteiger partial charge in [-0.25, -0.2) is 8.42 Å². The number of fused-ring (bicyclic) bond motifs is 2. The van der Waals surface area contributed by atoms with Gasteiger partial charge in [-0.05, 0) is 37.6 Å². The zero-order chi connectivity index (χ0) is 24.5. The Hall–Kier alpha value is -3.19. The molecule has 2 heterocycles. The van der Waals surface area contributed by atoms with Crippen LogP contribution in [0, 0.1) is 10.1 Å². The second-order valence-electron chi connectivity index (χ2n) is 8.25. The van der Waals surface area contributed by atoms with E-state index in [2.05, 4.69) is 0 Å². The summed E-state index contributed by atoms with van der Waals surface area (Å²) < 4.78 is 68.9. The van der Waals surface area contributed by atoms with E-state index in [4.69, 9.17) is 4.74 Å². The number of aliphatic hydroxyl groups is 1. The predicted molar refractivity (Wildman–Crippen MR) is 106 cm³/mol. The quantitative estimate of drug-likeness (QED) is 0.522. The number of hydrogen-bond acceptors (Lipinski definition) is 7. The lowest BCUT2D eigenvalue weighted by Crippen LogP contribution is -2.53. The second-order valence-corrected chi connectivity index (χ2v) is 10.2. The largest absolute Gasteiger partial charge is 0.501 e. The number of nitrogens with zero attached hydrogens (tertiary/aromatic N) is 2. The molecule has 2 aromatic carbocycles. The number of nitro benzene ring substituents is 1. The molecule has 4 rings (SSSR count). The molecule has 1 amide bonds. The van der Waals surface area contributed by atoms with Gasteiger partial charge in [0.2, 0.25) is 0 Å². The third-order valence-electron chi connectivity index (χ3n) is 5.78. The highest BCUT2D eigenvalue weighted by molar-refractivity contribution is 7.92. The summed E-state index contributed by atoms with van der Waals surface area (Å²) in [4.78, 5) is 23.9. The van der Waals surface area contributed by atoms with Crippen LogP contribution in [0.4, 0.5) is 18.9 Å². The number of halogens is 3. The molecule has 2 aliphatic heterocycles. The van der Waals surface area contributed by atoms with Crippen LogP contribution in [0.2, 0.25) is 0 Å². The number of nitro groups is 1. The van der Waals surface area contributed by atoms with Crippen molar-refractivity contribution in [2.24, 2.45) is 0 Å². The molecule has 0 aliphatic carbocycles. The summed E-state index contributed by atoms with van der Waals surface area (Å²) >= 11 is 0. The fourth-order valence-corrected chi connectivity index (χ4v) is 4.92. The van der Waals surface area contributed by atoms with Crippen LogP contribution in [-0.4, -0.2) is 46.5 Å². The number of carbonyl (C=O) groups is 1. The first-order valence-corrected chi connectivity index (χ1v) is 11.0. The highest BCUT2D eigenvalue weighted by Gasteiger charge is 2.51. The van der Waals surface area contributed by atoms with Crippen molar-refractivity contribution < 1.29 is 41.2 Å². The number of rotatable bonds is 3. The molecule has 0 radical (unpaired) electrons. The Labute approximate surface area is 185 Å². The smallest absolute Gasteiger partial charge is 0.485 e. The number of amides is 1. The Morgan fingerprint density at radius 2 is 1.91 bits per heavy atom. The normalized spacial score (nSPS) is 21.9. The molecule has 0 bridgehead atoms. The van der Waals surface area contributed by atoms with Gasteiger partial charge in [-0.1, -0.05) is 12.1 Å². The van der Waals surface area contributed by atoms with E-state index in [1.165, 1.54) is 26.0 Å². The van der Waals surface area contributed by atoms with E-state index in [-0.39, 0.29) is 23.4 Å². The van der Waals surface area contributed by atoms with Crippen LogP contribution in [0.3, 0.4) is 0 Å². The van der Waals surface area contributed by atoms with Crippen LogP contribution in [0.25, 0.3) is 0 Å². The number of sulfone groups is 1. The predicted octanol–water partition coefficient (Wildman–Crippen LogP) is 3.12. The van der Waals surface area contributed by atoms with Crippen LogP contribution in [0.5, 0.6) is 5.75 Å². The van der Waals surface area contributed by atoms with E-state index in [1.807, 2.05) is 0 Å². The maximum Gasteiger partial charge on any atom is 0.501 e. The number of carbonyl (C=O) groups excluding carboxylic acids is 1. The maximum atomic E-state index is 13.2. The lowest BCUT2D eigenvalue weighted by molar-refractivity contribution is -0.385. The summed E-state index contributed by atoms with van der Waals surface area (Å²) in [7, 11) is -5.72. The first kappa shape index (κ1) is 23.0. The molecule has 0 unspecified atom stereocenters. The average Bonchev–Trinajstić information content (AvgIpc) is 3.04. The van der Waals surface area contributed by atoms with Crippen molar-refractivity contribution in [1.82, 2.24) is 4.90 Å². The van der Waals surface area contributed by atoms with Crippen molar-refractivity contribution in [1.29, 1.82) is 0 Å². The van der Waals surface area contributed by atoms with Crippen molar-refractivity contribution in [2.45, 2.75) is 48.5 Å². The lowest BCUT2D eigenvalue weighted by atomic mass is 9.85. The average molecular weight is 486 g/mol. The van der Waals surface area contributed by atoms with Crippen LogP contribution in [0.15, 0.2) is 41.3 Å². The van der Waals surface area contributed by atoms with Crippen LogP contribution in [0.1, 0.15) is 41.4 Å². The van der Waals surface area contributed by atoms with Crippen molar-refractivity contribution in [3.05, 3.63) is 63.2 Å². The molecule has 13 heteroatoms. The van der Waals surface area contributed by atoms with Gasteiger partial charge in [-0.2, -0.15) is 13.2 Å². The third-order valence-corrected chi connectivity index (χ3v) is 7.26. The van der Waals surface area contributed by atoms with Gasteiger partial charge >= 0.3 is 5.51 Å². The molecule has 2 atom stereocenters. The molecule has 0 fully saturated rings. The van der Waals surface area contributed by atoms with Gasteiger partial charge in [0.05, 0.1) is 15.9 Å². The van der Waals surface area contributed by atoms with Crippen LogP contribution < -0.4 is 4.74 Å². The molecule has 2 aromatic rings. The van der Waals surface area contributed by atoms with Crippen LogP contribution in [-0.2, 0) is 16.4 Å². The van der Waals surface area contributed by atoms with E-state index in [0.29, 0.717) is 11.6 Å². The summed E-state index contributed by atoms with van der Waals surface area (Å²) in [5.74, 6) is -0.830. The number of ether oxygens (including phenoxy) is 1. The van der Waals surface area contributed by atoms with Crippen molar-refractivity contribution >= 4 is 21.4 Å². The van der Waals surface area contributed by atoms with E-state index in [1.54, 1.807) is 0 Å². The van der Waals surface area contributed by atoms with Crippen LogP contribution >= 0.6 is 0 Å². The first-order valence-electron chi connectivity index (χ1n) is 9.56. The minimum atomic E-state index is -5.72. The number of alkyl halides is 3. The number of hydrogen-bond donors (Lipinski definition) is 1. The SMILES string of the molecule is CC1(C)Oc2ccc(S(=O)(=O)C(F)(F)F)cc2[C@@H](N2Cc3cccc([N+](=O)[O-])c3C2=O)[C@@H]1O. The Morgan fingerprint density at radius 3 is 2.52 bits per heavy atom. The molecule has 0 saturated heterocycles. The summed E-state index contributed by atoms with van der Waals surface area (Å²) in [6.45, 7) is 2.80. The molecule has 2 aliphatic rings. The molecule has 33 heavy (non-hydrogen) atoms. The fourth-order valence-electron chi connectivity index (χ4n) is 4.12. The molecule has 9 nitrogen and oxygen atoms in total. The van der Waals surface area contributed by atoms with E-state index < -0.39 is 54.5 Å². The van der Waals surface area contributed by atoms with Gasteiger partial charge < -0.3 is 14.7 Å². The van der Waals surface area contributed by atoms with Crippen molar-refractivity contribution in [3.63, 3.8) is 0 Å². The lowest BCUT2D eigenvalue weighted by Gasteiger charge is -2.45. The van der Waals surface area contributed by atoms with E-state index in [0.717, 1.165) is 23.1 Å². The molecule has 0 aromatic heterocycles. The molecular weight excluding hydrogens is 469 g/mol. The summed E-state index contributed by atoms with van der Waals surface area (Å²) in [6, 6.07) is 5.18. The maximum absolute atomic E-state index is 13.2. The molecule has 0 saturated carbocycles. The second kappa shape index (κ2) is 7.15. The fraction of sp³-hybridized carbons (Fsp3) is 0.350. The van der Waals surface area contributed by atoms with Gasteiger partial charge in [-0.15, -0.1) is 0 Å². The van der Waals surface area contributed by atoms with Gasteiger partial charge in [0.25, 0.3) is 21.4 Å². The Balaban J connectivity index is 1.88. The minimum Gasteiger partial charge on any atom is -0.485 e. The summed E-state index contributed by atoms with van der Waals surface area (Å²) in [6.07, 6.45) is -1.49. The number of benzene rings is 2. The minimum absolute atomic E-state index is 0.0188. The Morgan fingerprint density at radius 1 is 1.24 bits per heavy atom. The van der Waals surface area contributed by atoms with Crippen molar-refractivity contribution in [3.8, 4) is 5.75 Å². The molecule has 176 valence electrons. The van der Waals surface area contributed by atoms with E-state index >= 15 is 0 Å². The van der Waals surface area contributed by atoms with Gasteiger partial charge in [0.15, 0.2) is 0 Å². The van der Waals surface area contributed by atoms with Crippen molar-refractivity contribution in [2.75, 3.05) is 0 Å². The topological polar surface area (TPSA) is 127 Å². The summed E-state index contributed by atoms with van der Waals surface area (Å²) in [5, 5.41) is 22.4. The monoisotopic (exact) mass is 486 g/mol. The molecular formula is C20H17F3N2O7S.